The highest BCUT2D eigenvalue weighted by atomic mass is 19.2. The molecular formula is C20H22F2N2O3. The molecule has 0 radical (unpaired) electrons. The summed E-state index contributed by atoms with van der Waals surface area (Å²) in [5, 5.41) is 6.22. The second-order valence-corrected chi connectivity index (χ2v) is 6.42. The van der Waals surface area contributed by atoms with E-state index in [1.54, 1.807) is 24.3 Å². The summed E-state index contributed by atoms with van der Waals surface area (Å²) in [4.78, 5) is 12.9. The lowest BCUT2D eigenvalue weighted by atomic mass is 9.85. The van der Waals surface area contributed by atoms with Crippen molar-refractivity contribution in [3.8, 4) is 11.5 Å². The van der Waals surface area contributed by atoms with Crippen LogP contribution in [-0.2, 0) is 0 Å². The lowest BCUT2D eigenvalue weighted by Crippen LogP contribution is -2.50. The lowest BCUT2D eigenvalue weighted by molar-refractivity contribution is 0.0921. The first-order valence-corrected chi connectivity index (χ1v) is 8.72. The van der Waals surface area contributed by atoms with Crippen LogP contribution in [-0.4, -0.2) is 39.3 Å². The summed E-state index contributed by atoms with van der Waals surface area (Å²) >= 11 is 0. The highest BCUT2D eigenvalue weighted by molar-refractivity contribution is 5.97. The quantitative estimate of drug-likeness (QED) is 0.843. The summed E-state index contributed by atoms with van der Waals surface area (Å²) in [5.74, 6) is -1.23. The number of rotatable bonds is 5. The van der Waals surface area contributed by atoms with Crippen molar-refractivity contribution in [2.75, 3.05) is 27.3 Å². The molecule has 2 atom stereocenters. The smallest absolute Gasteiger partial charge is 0.255 e. The van der Waals surface area contributed by atoms with Crippen molar-refractivity contribution in [1.29, 1.82) is 0 Å². The van der Waals surface area contributed by atoms with Crippen molar-refractivity contribution in [3.63, 3.8) is 0 Å². The molecule has 7 heteroatoms. The van der Waals surface area contributed by atoms with E-state index in [1.807, 2.05) is 0 Å². The van der Waals surface area contributed by atoms with Crippen LogP contribution in [0.5, 0.6) is 11.5 Å². The van der Waals surface area contributed by atoms with Gasteiger partial charge < -0.3 is 20.1 Å². The average molecular weight is 376 g/mol. The molecule has 2 N–H and O–H groups in total. The zero-order chi connectivity index (χ0) is 19.4. The number of halogens is 2. The molecular weight excluding hydrogens is 354 g/mol. The van der Waals surface area contributed by atoms with Crippen molar-refractivity contribution in [3.05, 3.63) is 59.2 Å². The van der Waals surface area contributed by atoms with E-state index in [0.717, 1.165) is 12.6 Å². The number of piperidine rings is 1. The van der Waals surface area contributed by atoms with E-state index in [4.69, 9.17) is 9.47 Å². The molecule has 0 aliphatic carbocycles. The minimum atomic E-state index is -0.884. The number of methoxy groups -OCH3 is 2. The van der Waals surface area contributed by atoms with E-state index < -0.39 is 11.6 Å². The summed E-state index contributed by atoms with van der Waals surface area (Å²) in [6, 6.07) is 8.61. The molecule has 2 unspecified atom stereocenters. The fourth-order valence-corrected chi connectivity index (χ4v) is 3.39. The number of nitrogens with one attached hydrogen (secondary N) is 2. The third kappa shape index (κ3) is 4.19. The fourth-order valence-electron chi connectivity index (χ4n) is 3.39. The van der Waals surface area contributed by atoms with Gasteiger partial charge in [-0.3, -0.25) is 4.79 Å². The molecule has 1 aliphatic rings. The Labute approximate surface area is 156 Å². The minimum absolute atomic E-state index is 0.123. The van der Waals surface area contributed by atoms with Crippen LogP contribution in [0.2, 0.25) is 0 Å². The van der Waals surface area contributed by atoms with Crippen LogP contribution in [0, 0.1) is 11.6 Å². The molecule has 1 heterocycles. The van der Waals surface area contributed by atoms with Crippen LogP contribution in [0.3, 0.4) is 0 Å². The Kier molecular flexibility index (Phi) is 5.91. The van der Waals surface area contributed by atoms with Crippen molar-refractivity contribution in [1.82, 2.24) is 10.6 Å². The van der Waals surface area contributed by atoms with Crippen LogP contribution < -0.4 is 20.1 Å². The number of hydrogen-bond acceptors (Lipinski definition) is 4. The second-order valence-electron chi connectivity index (χ2n) is 6.42. The molecule has 27 heavy (non-hydrogen) atoms. The van der Waals surface area contributed by atoms with Gasteiger partial charge in [-0.05, 0) is 48.9 Å². The first-order valence-electron chi connectivity index (χ1n) is 8.72. The fraction of sp³-hybridized carbons (Fsp3) is 0.350. The maximum atomic E-state index is 13.7. The molecule has 1 saturated heterocycles. The van der Waals surface area contributed by atoms with E-state index in [1.165, 1.54) is 20.3 Å². The Balaban J connectivity index is 1.84. The second kappa shape index (κ2) is 8.35. The maximum Gasteiger partial charge on any atom is 0.255 e. The molecule has 2 aromatic rings. The van der Waals surface area contributed by atoms with E-state index in [9.17, 15) is 13.6 Å². The van der Waals surface area contributed by atoms with Crippen LogP contribution >= 0.6 is 0 Å². The maximum absolute atomic E-state index is 13.7. The molecule has 1 fully saturated rings. The summed E-state index contributed by atoms with van der Waals surface area (Å²) in [6.45, 7) is 1.26. The lowest BCUT2D eigenvalue weighted by Gasteiger charge is -2.33. The monoisotopic (exact) mass is 376 g/mol. The molecule has 1 aliphatic heterocycles. The SMILES string of the molecule is COc1ccc(OC)c(C(=O)NC2CNCCC2c2ccc(F)c(F)c2)c1. The van der Waals surface area contributed by atoms with Gasteiger partial charge in [-0.1, -0.05) is 6.07 Å². The van der Waals surface area contributed by atoms with E-state index in [0.29, 0.717) is 35.6 Å². The van der Waals surface area contributed by atoms with Gasteiger partial charge >= 0.3 is 0 Å². The summed E-state index contributed by atoms with van der Waals surface area (Å²) in [6.07, 6.45) is 0.700. The molecule has 0 aromatic heterocycles. The largest absolute Gasteiger partial charge is 0.497 e. The van der Waals surface area contributed by atoms with E-state index >= 15 is 0 Å². The van der Waals surface area contributed by atoms with Crippen molar-refractivity contribution in [2.45, 2.75) is 18.4 Å². The molecule has 144 valence electrons. The Morgan fingerprint density at radius 3 is 2.63 bits per heavy atom. The summed E-state index contributed by atoms with van der Waals surface area (Å²) in [7, 11) is 3.01. The molecule has 1 amide bonds. The molecule has 2 aromatic carbocycles. The summed E-state index contributed by atoms with van der Waals surface area (Å²) < 4.78 is 37.4. The number of amides is 1. The van der Waals surface area contributed by atoms with Gasteiger partial charge in [0, 0.05) is 18.5 Å². The minimum Gasteiger partial charge on any atom is -0.497 e. The number of benzene rings is 2. The van der Waals surface area contributed by atoms with Crippen molar-refractivity contribution >= 4 is 5.91 Å². The Morgan fingerprint density at radius 1 is 1.11 bits per heavy atom. The van der Waals surface area contributed by atoms with E-state index in [-0.39, 0.29) is 17.9 Å². The first-order chi connectivity index (χ1) is 13.0. The van der Waals surface area contributed by atoms with Crippen LogP contribution in [0.4, 0.5) is 8.78 Å². The van der Waals surface area contributed by atoms with Gasteiger partial charge in [-0.25, -0.2) is 8.78 Å². The van der Waals surface area contributed by atoms with Crippen LogP contribution in [0.15, 0.2) is 36.4 Å². The van der Waals surface area contributed by atoms with Gasteiger partial charge in [0.05, 0.1) is 19.8 Å². The third-order valence-electron chi connectivity index (χ3n) is 4.82. The molecule has 0 spiro atoms. The van der Waals surface area contributed by atoms with Crippen molar-refractivity contribution < 1.29 is 23.0 Å². The molecule has 5 nitrogen and oxygen atoms in total. The topological polar surface area (TPSA) is 59.6 Å². The van der Waals surface area contributed by atoms with Crippen LogP contribution in [0.1, 0.15) is 28.3 Å². The van der Waals surface area contributed by atoms with Gasteiger partial charge in [0.1, 0.15) is 11.5 Å². The predicted octanol–water partition coefficient (Wildman–Crippen LogP) is 2.86. The molecule has 3 rings (SSSR count). The highest BCUT2D eigenvalue weighted by Crippen LogP contribution is 2.29. The predicted molar refractivity (Wildman–Crippen MR) is 97.4 cm³/mol. The average Bonchev–Trinajstić information content (AvgIpc) is 2.70. The number of carbonyl (C=O) groups excluding carboxylic acids is 1. The van der Waals surface area contributed by atoms with Gasteiger partial charge in [0.2, 0.25) is 0 Å². The van der Waals surface area contributed by atoms with Gasteiger partial charge in [-0.2, -0.15) is 0 Å². The zero-order valence-electron chi connectivity index (χ0n) is 15.2. The Morgan fingerprint density at radius 2 is 1.93 bits per heavy atom. The Bertz CT molecular complexity index is 829. The van der Waals surface area contributed by atoms with E-state index in [2.05, 4.69) is 10.6 Å². The Hall–Kier alpha value is -2.67. The number of carbonyl (C=O) groups is 1. The zero-order valence-corrected chi connectivity index (χ0v) is 15.2. The van der Waals surface area contributed by atoms with Crippen molar-refractivity contribution in [2.24, 2.45) is 0 Å². The highest BCUT2D eigenvalue weighted by Gasteiger charge is 2.29. The summed E-state index contributed by atoms with van der Waals surface area (Å²) in [5.41, 5.74) is 1.02. The molecule has 0 saturated carbocycles. The van der Waals surface area contributed by atoms with Gasteiger partial charge in [0.25, 0.3) is 5.91 Å². The molecule has 0 bridgehead atoms. The van der Waals surface area contributed by atoms with Gasteiger partial charge in [-0.15, -0.1) is 0 Å². The third-order valence-corrected chi connectivity index (χ3v) is 4.82. The standard InChI is InChI=1S/C20H22F2N2O3/c1-26-13-4-6-19(27-2)15(10-13)20(25)24-18-11-23-8-7-14(18)12-3-5-16(21)17(22)9-12/h3-6,9-10,14,18,23H,7-8,11H2,1-2H3,(H,24,25). The van der Waals surface area contributed by atoms with Crippen LogP contribution in [0.25, 0.3) is 0 Å². The number of hydrogen-bond donors (Lipinski definition) is 2. The first kappa shape index (κ1) is 19.1. The van der Waals surface area contributed by atoms with Gasteiger partial charge in [0.15, 0.2) is 11.6 Å². The normalized spacial score (nSPS) is 19.4. The number of ether oxygens (including phenoxy) is 2.